The Morgan fingerprint density at radius 3 is 2.68 bits per heavy atom. The molecule has 1 aromatic heterocycles. The molecule has 0 radical (unpaired) electrons. The molecule has 2 aliphatic rings. The van der Waals surface area contributed by atoms with E-state index in [9.17, 15) is 5.26 Å². The van der Waals surface area contributed by atoms with Crippen molar-refractivity contribution >= 4 is 32.9 Å². The molecule has 1 aliphatic heterocycles. The minimum atomic E-state index is 0.617. The highest BCUT2D eigenvalue weighted by molar-refractivity contribution is 7.18. The van der Waals surface area contributed by atoms with Crippen LogP contribution < -0.4 is 10.2 Å². The first-order chi connectivity index (χ1) is 13.8. The second-order valence-corrected chi connectivity index (χ2v) is 8.72. The summed E-state index contributed by atoms with van der Waals surface area (Å²) >= 11 is 1.79. The van der Waals surface area contributed by atoms with Crippen molar-refractivity contribution in [3.63, 3.8) is 0 Å². The molecule has 3 aromatic rings. The first-order valence-corrected chi connectivity index (χ1v) is 10.7. The van der Waals surface area contributed by atoms with Crippen molar-refractivity contribution in [3.05, 3.63) is 53.0 Å². The van der Waals surface area contributed by atoms with Crippen molar-refractivity contribution in [2.45, 2.75) is 25.4 Å². The normalized spacial score (nSPS) is 17.6. The average Bonchev–Trinajstić information content (AvgIpc) is 3.45. The largest absolute Gasteiger partial charge is 0.382 e. The van der Waals surface area contributed by atoms with Gasteiger partial charge in [0, 0.05) is 37.9 Å². The van der Waals surface area contributed by atoms with E-state index in [0.29, 0.717) is 6.04 Å². The molecule has 0 bridgehead atoms. The van der Waals surface area contributed by atoms with Crippen LogP contribution >= 0.6 is 11.3 Å². The van der Waals surface area contributed by atoms with Crippen LogP contribution in [0.2, 0.25) is 0 Å². The van der Waals surface area contributed by atoms with Gasteiger partial charge >= 0.3 is 0 Å². The molecule has 142 valence electrons. The van der Waals surface area contributed by atoms with Gasteiger partial charge in [0.15, 0.2) is 0 Å². The predicted octanol–water partition coefficient (Wildman–Crippen LogP) is 4.06. The van der Waals surface area contributed by atoms with Crippen LogP contribution in [-0.4, -0.2) is 42.1 Å². The molecule has 2 fully saturated rings. The van der Waals surface area contributed by atoms with Crippen LogP contribution in [0.1, 0.15) is 23.4 Å². The summed E-state index contributed by atoms with van der Waals surface area (Å²) in [4.78, 5) is 9.59. The zero-order chi connectivity index (χ0) is 18.9. The Hall–Kier alpha value is -2.62. The van der Waals surface area contributed by atoms with Gasteiger partial charge in [-0.05, 0) is 43.2 Å². The molecule has 28 heavy (non-hydrogen) atoms. The number of hydrogen-bond donors (Lipinski definition) is 1. The summed E-state index contributed by atoms with van der Waals surface area (Å²) < 4.78 is 1.26. The fourth-order valence-electron chi connectivity index (χ4n) is 3.77. The smallest absolute Gasteiger partial charge is 0.108 e. The van der Waals surface area contributed by atoms with E-state index >= 15 is 0 Å². The van der Waals surface area contributed by atoms with E-state index in [-0.39, 0.29) is 0 Å². The quantitative estimate of drug-likeness (QED) is 0.713. The molecule has 2 heterocycles. The highest BCUT2D eigenvalue weighted by atomic mass is 32.1. The molecule has 0 spiro atoms. The number of piperazine rings is 1. The molecule has 1 N–H and O–H groups in total. The highest BCUT2D eigenvalue weighted by Gasteiger charge is 2.23. The van der Waals surface area contributed by atoms with Gasteiger partial charge in [0.2, 0.25) is 0 Å². The number of para-hydroxylation sites is 1. The molecule has 5 nitrogen and oxygen atoms in total. The lowest BCUT2D eigenvalue weighted by molar-refractivity contribution is 0.249. The number of thiazole rings is 1. The molecule has 1 aliphatic carbocycles. The number of nitriles is 1. The molecule has 5 rings (SSSR count). The second kappa shape index (κ2) is 7.42. The minimum Gasteiger partial charge on any atom is -0.382 e. The summed E-state index contributed by atoms with van der Waals surface area (Å²) in [5, 5.41) is 14.3. The molecule has 6 heteroatoms. The maximum atomic E-state index is 9.54. The fraction of sp³-hybridized carbons (Fsp3) is 0.364. The van der Waals surface area contributed by atoms with Gasteiger partial charge in [-0.1, -0.05) is 12.1 Å². The fourth-order valence-corrected chi connectivity index (χ4v) is 4.78. The lowest BCUT2D eigenvalue weighted by Gasteiger charge is -2.36. The third-order valence-electron chi connectivity index (χ3n) is 5.48. The van der Waals surface area contributed by atoms with Crippen LogP contribution in [0.15, 0.2) is 42.5 Å². The summed E-state index contributed by atoms with van der Waals surface area (Å²) in [5.41, 5.74) is 4.06. The summed E-state index contributed by atoms with van der Waals surface area (Å²) in [6.07, 6.45) is 2.50. The number of nitrogens with one attached hydrogen (secondary N) is 1. The summed E-state index contributed by atoms with van der Waals surface area (Å²) in [5.74, 6) is 0. The van der Waals surface area contributed by atoms with E-state index in [1.54, 1.807) is 11.3 Å². The van der Waals surface area contributed by atoms with Crippen molar-refractivity contribution in [2.24, 2.45) is 0 Å². The van der Waals surface area contributed by atoms with Gasteiger partial charge in [-0.3, -0.25) is 4.90 Å². The Balaban J connectivity index is 1.25. The number of benzene rings is 2. The third-order valence-corrected chi connectivity index (χ3v) is 6.50. The molecule has 0 atom stereocenters. The molecule has 1 saturated carbocycles. The minimum absolute atomic E-state index is 0.617. The number of hydrogen-bond acceptors (Lipinski definition) is 6. The van der Waals surface area contributed by atoms with Gasteiger partial charge in [-0.25, -0.2) is 4.98 Å². The highest BCUT2D eigenvalue weighted by Crippen LogP contribution is 2.30. The van der Waals surface area contributed by atoms with Crippen molar-refractivity contribution in [2.75, 3.05) is 36.4 Å². The summed E-state index contributed by atoms with van der Waals surface area (Å²) in [6, 6.07) is 17.5. The Morgan fingerprint density at radius 2 is 1.93 bits per heavy atom. The topological polar surface area (TPSA) is 55.2 Å². The van der Waals surface area contributed by atoms with E-state index in [4.69, 9.17) is 4.98 Å². The van der Waals surface area contributed by atoms with E-state index in [0.717, 1.165) is 55.2 Å². The molecule has 1 saturated heterocycles. The van der Waals surface area contributed by atoms with Gasteiger partial charge in [0.05, 0.1) is 28.0 Å². The SMILES string of the molecule is N#Cc1ccc(NC2CC2)cc1N1CCN(Cc2nc3ccccc3s2)CC1. The molecule has 0 amide bonds. The third kappa shape index (κ3) is 3.68. The van der Waals surface area contributed by atoms with E-state index < -0.39 is 0 Å². The number of anilines is 2. The van der Waals surface area contributed by atoms with Gasteiger partial charge in [-0.15, -0.1) is 11.3 Å². The van der Waals surface area contributed by atoms with Gasteiger partial charge in [-0.2, -0.15) is 5.26 Å². The number of aromatic nitrogens is 1. The monoisotopic (exact) mass is 389 g/mol. The Morgan fingerprint density at radius 1 is 1.11 bits per heavy atom. The van der Waals surface area contributed by atoms with E-state index in [1.807, 2.05) is 18.2 Å². The van der Waals surface area contributed by atoms with Crippen LogP contribution in [0.5, 0.6) is 0 Å². The molecule has 0 unspecified atom stereocenters. The summed E-state index contributed by atoms with van der Waals surface area (Å²) in [6.45, 7) is 4.75. The molecular formula is C22H23N5S. The van der Waals surface area contributed by atoms with Crippen molar-refractivity contribution in [1.29, 1.82) is 5.26 Å². The Labute approximate surface area is 169 Å². The van der Waals surface area contributed by atoms with Crippen LogP contribution in [0.4, 0.5) is 11.4 Å². The molecule has 2 aromatic carbocycles. The first kappa shape index (κ1) is 17.5. The molecular weight excluding hydrogens is 366 g/mol. The zero-order valence-corrected chi connectivity index (χ0v) is 16.6. The Bertz CT molecular complexity index is 992. The Kier molecular flexibility index (Phi) is 4.63. The standard InChI is InChI=1S/C22H23N5S/c23-14-16-5-6-18(24-17-7-8-17)13-20(16)27-11-9-26(10-12-27)15-22-25-19-3-1-2-4-21(19)28-22/h1-6,13,17,24H,7-12,15H2. The van der Waals surface area contributed by atoms with Crippen molar-refractivity contribution in [1.82, 2.24) is 9.88 Å². The maximum Gasteiger partial charge on any atom is 0.108 e. The maximum absolute atomic E-state index is 9.54. The van der Waals surface area contributed by atoms with Crippen molar-refractivity contribution in [3.8, 4) is 6.07 Å². The van der Waals surface area contributed by atoms with Gasteiger partial charge in [0.25, 0.3) is 0 Å². The number of nitrogens with zero attached hydrogens (tertiary/aromatic N) is 4. The van der Waals surface area contributed by atoms with Crippen LogP contribution in [-0.2, 0) is 6.54 Å². The predicted molar refractivity (Wildman–Crippen MR) is 115 cm³/mol. The number of rotatable bonds is 5. The first-order valence-electron chi connectivity index (χ1n) is 9.91. The number of fused-ring (bicyclic) bond motifs is 1. The van der Waals surface area contributed by atoms with Crippen LogP contribution in [0.3, 0.4) is 0 Å². The zero-order valence-electron chi connectivity index (χ0n) is 15.8. The average molecular weight is 390 g/mol. The second-order valence-electron chi connectivity index (χ2n) is 7.60. The lowest BCUT2D eigenvalue weighted by atomic mass is 10.1. The lowest BCUT2D eigenvalue weighted by Crippen LogP contribution is -2.46. The van der Waals surface area contributed by atoms with Gasteiger partial charge < -0.3 is 10.2 Å². The van der Waals surface area contributed by atoms with Crippen LogP contribution in [0, 0.1) is 11.3 Å². The summed E-state index contributed by atoms with van der Waals surface area (Å²) in [7, 11) is 0. The van der Waals surface area contributed by atoms with Crippen LogP contribution in [0.25, 0.3) is 10.2 Å². The van der Waals surface area contributed by atoms with E-state index in [2.05, 4.69) is 45.5 Å². The van der Waals surface area contributed by atoms with Crippen molar-refractivity contribution < 1.29 is 0 Å². The van der Waals surface area contributed by atoms with Gasteiger partial charge in [0.1, 0.15) is 11.1 Å². The van der Waals surface area contributed by atoms with E-state index in [1.165, 1.54) is 22.5 Å².